The van der Waals surface area contributed by atoms with E-state index in [1.165, 1.54) is 12.5 Å². The molecule has 0 spiro atoms. The second kappa shape index (κ2) is 12.6. The van der Waals surface area contributed by atoms with Gasteiger partial charge in [0.15, 0.2) is 0 Å². The molecule has 0 aliphatic carbocycles. The molecule has 0 aliphatic heterocycles. The van der Waals surface area contributed by atoms with Gasteiger partial charge in [-0.05, 0) is 12.3 Å². The number of H-pyrrole nitrogens is 1. The zero-order chi connectivity index (χ0) is 23.6. The smallest absolute Gasteiger partial charge is 0.326 e. The summed E-state index contributed by atoms with van der Waals surface area (Å²) in [5, 5.41) is 34.7. The van der Waals surface area contributed by atoms with Crippen LogP contribution in [0.15, 0.2) is 12.5 Å². The number of rotatable bonds is 13. The summed E-state index contributed by atoms with van der Waals surface area (Å²) in [6.07, 6.45) is 2.94. The van der Waals surface area contributed by atoms with Crippen LogP contribution in [-0.2, 0) is 25.6 Å². The number of nitrogens with zero attached hydrogens (tertiary/aromatic N) is 1. The molecule has 0 saturated carbocycles. The molecule has 1 heterocycles. The Bertz CT molecular complexity index is 740. The second-order valence-corrected chi connectivity index (χ2v) is 7.40. The molecule has 0 aromatic carbocycles. The topological polar surface area (TPSA) is 220 Å². The van der Waals surface area contributed by atoms with E-state index in [9.17, 15) is 29.4 Å². The number of nitrogens with two attached hydrogens (primary N) is 1. The van der Waals surface area contributed by atoms with E-state index in [1.807, 2.05) is 0 Å². The van der Waals surface area contributed by atoms with Crippen molar-refractivity contribution in [3.05, 3.63) is 18.2 Å². The molecule has 4 unspecified atom stereocenters. The van der Waals surface area contributed by atoms with E-state index in [0.717, 1.165) is 0 Å². The molecule has 4 atom stereocenters. The Balaban J connectivity index is 2.87. The lowest BCUT2D eigenvalue weighted by Crippen LogP contribution is -2.58. The van der Waals surface area contributed by atoms with Crippen LogP contribution < -0.4 is 21.7 Å². The van der Waals surface area contributed by atoms with Gasteiger partial charge >= 0.3 is 5.97 Å². The number of aliphatic hydroxyl groups excluding tert-OH is 2. The Hall–Kier alpha value is -3.03. The van der Waals surface area contributed by atoms with Gasteiger partial charge in [0, 0.05) is 18.3 Å². The molecule has 3 amide bonds. The molecular weight excluding hydrogens is 412 g/mol. The maximum atomic E-state index is 12.7. The minimum atomic E-state index is -1.41. The van der Waals surface area contributed by atoms with Gasteiger partial charge < -0.3 is 42.0 Å². The van der Waals surface area contributed by atoms with Crippen LogP contribution >= 0.6 is 0 Å². The molecule has 1 rings (SSSR count). The van der Waals surface area contributed by atoms with E-state index in [4.69, 9.17) is 10.8 Å². The number of aliphatic hydroxyl groups is 2. The number of hydrogen-bond donors (Lipinski definition) is 8. The monoisotopic (exact) mass is 442 g/mol. The maximum Gasteiger partial charge on any atom is 0.326 e. The largest absolute Gasteiger partial charge is 0.480 e. The fraction of sp³-hybridized carbons (Fsp3) is 0.611. The Kier molecular flexibility index (Phi) is 10.6. The SMILES string of the molecule is CC(C)CC(NC(=O)C(CO)NC(=O)C(N)CO)C(=O)NC(Cc1cnc[nH]1)C(=O)O. The highest BCUT2D eigenvalue weighted by molar-refractivity contribution is 5.94. The third kappa shape index (κ3) is 8.70. The van der Waals surface area contributed by atoms with Crippen LogP contribution in [-0.4, -0.2) is 86.4 Å². The first kappa shape index (κ1) is 26.0. The zero-order valence-electron chi connectivity index (χ0n) is 17.4. The summed E-state index contributed by atoms with van der Waals surface area (Å²) in [5.41, 5.74) is 5.87. The Labute approximate surface area is 178 Å². The molecule has 31 heavy (non-hydrogen) atoms. The van der Waals surface area contributed by atoms with Crippen LogP contribution in [0.2, 0.25) is 0 Å². The summed E-state index contributed by atoms with van der Waals surface area (Å²) in [7, 11) is 0. The number of carboxylic acids is 1. The highest BCUT2D eigenvalue weighted by Crippen LogP contribution is 2.07. The molecule has 13 heteroatoms. The van der Waals surface area contributed by atoms with Crippen LogP contribution in [0.3, 0.4) is 0 Å². The normalized spacial score (nSPS) is 14.9. The number of aromatic amines is 1. The zero-order valence-corrected chi connectivity index (χ0v) is 17.4. The van der Waals surface area contributed by atoms with E-state index in [1.54, 1.807) is 13.8 Å². The van der Waals surface area contributed by atoms with E-state index in [2.05, 4.69) is 25.9 Å². The average Bonchev–Trinajstić information content (AvgIpc) is 3.22. The summed E-state index contributed by atoms with van der Waals surface area (Å²) in [4.78, 5) is 55.1. The predicted octanol–water partition coefficient (Wildman–Crippen LogP) is -3.15. The van der Waals surface area contributed by atoms with Crippen molar-refractivity contribution in [2.24, 2.45) is 11.7 Å². The van der Waals surface area contributed by atoms with Crippen LogP contribution in [0.4, 0.5) is 0 Å². The number of carboxylic acid groups (broad SMARTS) is 1. The average molecular weight is 442 g/mol. The lowest BCUT2D eigenvalue weighted by molar-refractivity contribution is -0.142. The Morgan fingerprint density at radius 3 is 2.06 bits per heavy atom. The molecule has 0 bridgehead atoms. The number of imidazole rings is 1. The van der Waals surface area contributed by atoms with Gasteiger partial charge in [0.05, 0.1) is 19.5 Å². The number of aliphatic carboxylic acids is 1. The Morgan fingerprint density at radius 1 is 1.00 bits per heavy atom. The standard InChI is InChI=1S/C18H30N6O7/c1-9(2)3-12(22-17(29)14(7-26)24-15(27)11(19)6-25)16(28)23-13(18(30)31)4-10-5-20-8-21-10/h5,8-9,11-14,25-26H,3-4,6-7,19H2,1-2H3,(H,20,21)(H,22,29)(H,23,28)(H,24,27)(H,30,31). The third-order valence-corrected chi connectivity index (χ3v) is 4.28. The maximum absolute atomic E-state index is 12.7. The minimum absolute atomic E-state index is 0.0439. The summed E-state index contributed by atoms with van der Waals surface area (Å²) < 4.78 is 0. The van der Waals surface area contributed by atoms with Crippen molar-refractivity contribution >= 4 is 23.7 Å². The quantitative estimate of drug-likeness (QED) is 0.154. The van der Waals surface area contributed by atoms with Crippen molar-refractivity contribution in [2.45, 2.75) is 50.9 Å². The lowest BCUT2D eigenvalue weighted by Gasteiger charge is -2.25. The van der Waals surface area contributed by atoms with Crippen LogP contribution in [0.25, 0.3) is 0 Å². The summed E-state index contributed by atoms with van der Waals surface area (Å²) in [6, 6.07) is -5.08. The number of hydrogen-bond acceptors (Lipinski definition) is 8. The number of carbonyl (C=O) groups is 4. The molecule has 0 aliphatic rings. The van der Waals surface area contributed by atoms with Crippen molar-refractivity contribution in [1.82, 2.24) is 25.9 Å². The number of aromatic nitrogens is 2. The first-order valence-electron chi connectivity index (χ1n) is 9.67. The molecule has 1 aromatic rings. The number of amides is 3. The summed E-state index contributed by atoms with van der Waals surface area (Å²) >= 11 is 0. The molecule has 0 radical (unpaired) electrons. The fourth-order valence-electron chi connectivity index (χ4n) is 2.62. The second-order valence-electron chi connectivity index (χ2n) is 7.40. The molecule has 0 saturated heterocycles. The van der Waals surface area contributed by atoms with E-state index >= 15 is 0 Å². The number of carbonyl (C=O) groups excluding carboxylic acids is 3. The first-order chi connectivity index (χ1) is 14.6. The first-order valence-corrected chi connectivity index (χ1v) is 9.67. The van der Waals surface area contributed by atoms with Gasteiger partial charge in [0.25, 0.3) is 0 Å². The van der Waals surface area contributed by atoms with Gasteiger partial charge in [-0.2, -0.15) is 0 Å². The molecule has 13 nitrogen and oxygen atoms in total. The van der Waals surface area contributed by atoms with Crippen molar-refractivity contribution in [3.8, 4) is 0 Å². The summed E-state index contributed by atoms with van der Waals surface area (Å²) in [6.45, 7) is 2.18. The Morgan fingerprint density at radius 2 is 1.58 bits per heavy atom. The highest BCUT2D eigenvalue weighted by atomic mass is 16.4. The van der Waals surface area contributed by atoms with Gasteiger partial charge in [-0.3, -0.25) is 14.4 Å². The van der Waals surface area contributed by atoms with Gasteiger partial charge in [0.2, 0.25) is 17.7 Å². The molecule has 1 aromatic heterocycles. The van der Waals surface area contributed by atoms with Crippen molar-refractivity contribution in [3.63, 3.8) is 0 Å². The van der Waals surface area contributed by atoms with Gasteiger partial charge in [-0.15, -0.1) is 0 Å². The molecular formula is C18H30N6O7. The van der Waals surface area contributed by atoms with E-state index < -0.39 is 61.1 Å². The molecule has 0 fully saturated rings. The van der Waals surface area contributed by atoms with Gasteiger partial charge in [0.1, 0.15) is 24.2 Å². The van der Waals surface area contributed by atoms with Crippen molar-refractivity contribution in [2.75, 3.05) is 13.2 Å². The molecule has 174 valence electrons. The minimum Gasteiger partial charge on any atom is -0.480 e. The highest BCUT2D eigenvalue weighted by Gasteiger charge is 2.30. The lowest BCUT2D eigenvalue weighted by atomic mass is 10.0. The third-order valence-electron chi connectivity index (χ3n) is 4.28. The van der Waals surface area contributed by atoms with Gasteiger partial charge in [-0.25, -0.2) is 9.78 Å². The summed E-state index contributed by atoms with van der Waals surface area (Å²) in [5.74, 6) is -3.76. The van der Waals surface area contributed by atoms with E-state index in [-0.39, 0.29) is 18.8 Å². The van der Waals surface area contributed by atoms with Gasteiger partial charge in [-0.1, -0.05) is 13.8 Å². The van der Waals surface area contributed by atoms with Crippen LogP contribution in [0.5, 0.6) is 0 Å². The number of nitrogens with one attached hydrogen (secondary N) is 4. The fourth-order valence-corrected chi connectivity index (χ4v) is 2.62. The predicted molar refractivity (Wildman–Crippen MR) is 107 cm³/mol. The van der Waals surface area contributed by atoms with E-state index in [0.29, 0.717) is 5.69 Å². The van der Waals surface area contributed by atoms with Crippen LogP contribution in [0, 0.1) is 5.92 Å². The van der Waals surface area contributed by atoms with Crippen LogP contribution in [0.1, 0.15) is 26.0 Å². The van der Waals surface area contributed by atoms with Crippen molar-refractivity contribution in [1.29, 1.82) is 0 Å². The van der Waals surface area contributed by atoms with Crippen molar-refractivity contribution < 1.29 is 34.5 Å². The molecule has 9 N–H and O–H groups in total.